The monoisotopic (exact) mass is 299 g/mol. The summed E-state index contributed by atoms with van der Waals surface area (Å²) < 4.78 is 1.94. The Kier molecular flexibility index (Phi) is 4.01. The van der Waals surface area contributed by atoms with E-state index in [4.69, 9.17) is 0 Å². The first-order valence-electron chi connectivity index (χ1n) is 6.95. The lowest BCUT2D eigenvalue weighted by atomic mass is 10.0. The molecule has 0 radical (unpaired) electrons. The summed E-state index contributed by atoms with van der Waals surface area (Å²) in [5.41, 5.74) is 2.05. The van der Waals surface area contributed by atoms with Crippen LogP contribution in [0.15, 0.2) is 48.1 Å². The molecule has 2 aromatic heterocycles. The Morgan fingerprint density at radius 1 is 1.38 bits per heavy atom. The summed E-state index contributed by atoms with van der Waals surface area (Å²) in [6.07, 6.45) is 4.19. The van der Waals surface area contributed by atoms with Crippen LogP contribution in [0.25, 0.3) is 4.96 Å². The molecule has 0 aliphatic rings. The Morgan fingerprint density at radius 2 is 2.19 bits per heavy atom. The molecule has 0 aliphatic carbocycles. The summed E-state index contributed by atoms with van der Waals surface area (Å²) in [5.74, 6) is 0.323. The molecule has 1 N–H and O–H groups in total. The fourth-order valence-electron chi connectivity index (χ4n) is 2.25. The number of amides is 1. The van der Waals surface area contributed by atoms with Crippen molar-refractivity contribution in [1.82, 2.24) is 14.7 Å². The second kappa shape index (κ2) is 6.10. The van der Waals surface area contributed by atoms with Gasteiger partial charge in [-0.15, -0.1) is 11.3 Å². The molecule has 0 bridgehead atoms. The molecule has 2 heterocycles. The molecule has 108 valence electrons. The van der Waals surface area contributed by atoms with Crippen LogP contribution in [0.2, 0.25) is 0 Å². The van der Waals surface area contributed by atoms with Crippen molar-refractivity contribution in [3.05, 3.63) is 59.4 Å². The normalized spacial score (nSPS) is 12.4. The third kappa shape index (κ3) is 3.31. The second-order valence-electron chi connectivity index (χ2n) is 5.12. The molecule has 0 saturated carbocycles. The number of fused-ring (bicyclic) bond motifs is 1. The lowest BCUT2D eigenvalue weighted by Crippen LogP contribution is -2.29. The third-order valence-corrected chi connectivity index (χ3v) is 4.23. The van der Waals surface area contributed by atoms with Crippen molar-refractivity contribution in [2.75, 3.05) is 6.54 Å². The van der Waals surface area contributed by atoms with Crippen molar-refractivity contribution in [3.8, 4) is 0 Å². The van der Waals surface area contributed by atoms with Gasteiger partial charge in [0.05, 0.1) is 12.1 Å². The molecule has 0 aliphatic heterocycles. The minimum atomic E-state index is 0.0172. The predicted octanol–water partition coefficient (Wildman–Crippen LogP) is 2.86. The number of benzene rings is 1. The predicted molar refractivity (Wildman–Crippen MR) is 84.6 cm³/mol. The van der Waals surface area contributed by atoms with Crippen LogP contribution in [0.4, 0.5) is 0 Å². The number of nitrogens with one attached hydrogen (secondary N) is 1. The molecule has 21 heavy (non-hydrogen) atoms. The van der Waals surface area contributed by atoms with Crippen LogP contribution in [0.1, 0.15) is 24.1 Å². The first-order valence-corrected chi connectivity index (χ1v) is 7.83. The van der Waals surface area contributed by atoms with Gasteiger partial charge in [0.2, 0.25) is 5.91 Å². The number of nitrogens with zero attached hydrogens (tertiary/aromatic N) is 2. The lowest BCUT2D eigenvalue weighted by Gasteiger charge is -2.12. The zero-order valence-electron chi connectivity index (χ0n) is 11.8. The van der Waals surface area contributed by atoms with Crippen molar-refractivity contribution in [2.24, 2.45) is 0 Å². The van der Waals surface area contributed by atoms with E-state index < -0.39 is 0 Å². The minimum Gasteiger partial charge on any atom is -0.355 e. The zero-order valence-corrected chi connectivity index (χ0v) is 12.6. The van der Waals surface area contributed by atoms with E-state index >= 15 is 0 Å². The SMILES string of the molecule is CC(CNC(=O)Cc1cn2ccsc2n1)c1ccccc1. The summed E-state index contributed by atoms with van der Waals surface area (Å²) in [7, 11) is 0. The standard InChI is InChI=1S/C16H17N3OS/c1-12(13-5-3-2-4-6-13)10-17-15(20)9-14-11-19-7-8-21-16(19)18-14/h2-8,11-12H,9-10H2,1H3,(H,17,20). The van der Waals surface area contributed by atoms with Crippen LogP contribution in [0, 0.1) is 0 Å². The van der Waals surface area contributed by atoms with Gasteiger partial charge in [-0.1, -0.05) is 37.3 Å². The van der Waals surface area contributed by atoms with Crippen molar-refractivity contribution < 1.29 is 4.79 Å². The number of carbonyl (C=O) groups is 1. The van der Waals surface area contributed by atoms with Crippen molar-refractivity contribution in [3.63, 3.8) is 0 Å². The van der Waals surface area contributed by atoms with Crippen LogP contribution in [0.5, 0.6) is 0 Å². The maximum absolute atomic E-state index is 12.0. The van der Waals surface area contributed by atoms with Gasteiger partial charge in [-0.3, -0.25) is 9.20 Å². The molecule has 1 unspecified atom stereocenters. The molecule has 1 amide bonds. The van der Waals surface area contributed by atoms with Crippen LogP contribution in [-0.2, 0) is 11.2 Å². The smallest absolute Gasteiger partial charge is 0.226 e. The maximum atomic E-state index is 12.0. The summed E-state index contributed by atoms with van der Waals surface area (Å²) >= 11 is 1.57. The molecule has 0 saturated heterocycles. The van der Waals surface area contributed by atoms with E-state index in [0.717, 1.165) is 10.7 Å². The fourth-order valence-corrected chi connectivity index (χ4v) is 2.97. The Morgan fingerprint density at radius 3 is 2.95 bits per heavy atom. The Bertz CT molecular complexity index is 704. The van der Waals surface area contributed by atoms with Gasteiger partial charge in [-0.25, -0.2) is 4.98 Å². The molecule has 0 fully saturated rings. The van der Waals surface area contributed by atoms with Crippen molar-refractivity contribution in [1.29, 1.82) is 0 Å². The number of aromatic nitrogens is 2. The molecule has 4 nitrogen and oxygen atoms in total. The summed E-state index contributed by atoms with van der Waals surface area (Å²) in [5, 5.41) is 4.96. The lowest BCUT2D eigenvalue weighted by molar-refractivity contribution is -0.120. The van der Waals surface area contributed by atoms with E-state index in [2.05, 4.69) is 29.4 Å². The molecule has 1 atom stereocenters. The van der Waals surface area contributed by atoms with E-state index in [1.807, 2.05) is 40.4 Å². The van der Waals surface area contributed by atoms with Gasteiger partial charge in [0.25, 0.3) is 0 Å². The van der Waals surface area contributed by atoms with Gasteiger partial charge < -0.3 is 5.32 Å². The van der Waals surface area contributed by atoms with Gasteiger partial charge in [0, 0.05) is 24.3 Å². The summed E-state index contributed by atoms with van der Waals surface area (Å²) in [4.78, 5) is 17.3. The van der Waals surface area contributed by atoms with Crippen LogP contribution in [0.3, 0.4) is 0 Å². The first-order chi connectivity index (χ1) is 10.2. The zero-order chi connectivity index (χ0) is 14.7. The highest BCUT2D eigenvalue weighted by Crippen LogP contribution is 2.14. The molecular formula is C16H17N3OS. The first kappa shape index (κ1) is 13.8. The molecule has 0 spiro atoms. The van der Waals surface area contributed by atoms with Gasteiger partial charge in [0.1, 0.15) is 0 Å². The maximum Gasteiger partial charge on any atom is 0.226 e. The number of hydrogen-bond acceptors (Lipinski definition) is 3. The number of carbonyl (C=O) groups excluding carboxylic acids is 1. The van der Waals surface area contributed by atoms with Crippen molar-refractivity contribution >= 4 is 22.2 Å². The average molecular weight is 299 g/mol. The average Bonchev–Trinajstić information content (AvgIpc) is 3.07. The van der Waals surface area contributed by atoms with E-state index in [-0.39, 0.29) is 5.91 Å². The molecule has 3 rings (SSSR count). The molecule has 1 aromatic carbocycles. The van der Waals surface area contributed by atoms with E-state index in [0.29, 0.717) is 18.9 Å². The van der Waals surface area contributed by atoms with Crippen LogP contribution < -0.4 is 5.32 Å². The fraction of sp³-hybridized carbons (Fsp3) is 0.250. The summed E-state index contributed by atoms with van der Waals surface area (Å²) in [6.45, 7) is 2.76. The van der Waals surface area contributed by atoms with Crippen LogP contribution >= 0.6 is 11.3 Å². The highest BCUT2D eigenvalue weighted by molar-refractivity contribution is 7.15. The number of rotatable bonds is 5. The number of thiazole rings is 1. The minimum absolute atomic E-state index is 0.0172. The Labute approximate surface area is 127 Å². The van der Waals surface area contributed by atoms with E-state index in [9.17, 15) is 4.79 Å². The van der Waals surface area contributed by atoms with Gasteiger partial charge in [-0.2, -0.15) is 0 Å². The van der Waals surface area contributed by atoms with Crippen LogP contribution in [-0.4, -0.2) is 21.8 Å². The highest BCUT2D eigenvalue weighted by atomic mass is 32.1. The third-order valence-electron chi connectivity index (χ3n) is 3.46. The number of hydrogen-bond donors (Lipinski definition) is 1. The Balaban J connectivity index is 1.53. The molecular weight excluding hydrogens is 282 g/mol. The highest BCUT2D eigenvalue weighted by Gasteiger charge is 2.10. The second-order valence-corrected chi connectivity index (χ2v) is 5.99. The van der Waals surface area contributed by atoms with E-state index in [1.54, 1.807) is 11.3 Å². The molecule has 3 aromatic rings. The Hall–Kier alpha value is -2.14. The van der Waals surface area contributed by atoms with E-state index in [1.165, 1.54) is 5.56 Å². The van der Waals surface area contributed by atoms with Gasteiger partial charge in [-0.05, 0) is 11.5 Å². The molecule has 5 heteroatoms. The largest absolute Gasteiger partial charge is 0.355 e. The summed E-state index contributed by atoms with van der Waals surface area (Å²) in [6, 6.07) is 10.2. The number of imidazole rings is 1. The quantitative estimate of drug-likeness (QED) is 0.787. The van der Waals surface area contributed by atoms with Gasteiger partial charge >= 0.3 is 0 Å². The topological polar surface area (TPSA) is 46.4 Å². The van der Waals surface area contributed by atoms with Crippen molar-refractivity contribution in [2.45, 2.75) is 19.3 Å². The van der Waals surface area contributed by atoms with Gasteiger partial charge in [0.15, 0.2) is 4.96 Å².